The number of aromatic hydroxyl groups is 2. The van der Waals surface area contributed by atoms with Crippen LogP contribution in [-0.2, 0) is 11.2 Å². The van der Waals surface area contributed by atoms with Crippen LogP contribution in [0.5, 0.6) is 23.0 Å². The van der Waals surface area contributed by atoms with Gasteiger partial charge >= 0.3 is 18.1 Å². The number of fused-ring (bicyclic) bond motifs is 3. The van der Waals surface area contributed by atoms with E-state index in [-0.39, 0.29) is 5.56 Å². The molecule has 222 valence electrons. The van der Waals surface area contributed by atoms with Crippen molar-refractivity contribution in [3.63, 3.8) is 0 Å². The molecule has 0 aliphatic carbocycles. The summed E-state index contributed by atoms with van der Waals surface area (Å²) in [5, 5.41) is 158. The van der Waals surface area contributed by atoms with Crippen molar-refractivity contribution in [2.45, 2.75) is 54.3 Å². The van der Waals surface area contributed by atoms with Crippen LogP contribution in [0.4, 0.5) is 0 Å². The second-order valence-electron chi connectivity index (χ2n) is 9.09. The first-order valence-electron chi connectivity index (χ1n) is 10.6. The van der Waals surface area contributed by atoms with Gasteiger partial charge in [0.25, 0.3) is 5.60 Å². The number of nitrogens with zero attached hydrogens (tertiary/aromatic N) is 1. The molecule has 1 fully saturated rings. The zero-order chi connectivity index (χ0) is 30.3. The highest BCUT2D eigenvalue weighted by Gasteiger charge is 2.79. The lowest BCUT2D eigenvalue weighted by Gasteiger charge is -2.56. The molecule has 0 amide bonds. The molecule has 1 aromatic rings. The largest absolute Gasteiger partial charge is 0.504 e. The minimum absolute atomic E-state index is 0.327. The van der Waals surface area contributed by atoms with E-state index in [0.717, 1.165) is 7.11 Å². The van der Waals surface area contributed by atoms with Crippen molar-refractivity contribution in [1.29, 1.82) is 0 Å². The molecule has 2 atom stereocenters. The summed E-state index contributed by atoms with van der Waals surface area (Å²) in [5.74, 6) is -27.8. The SMILES string of the molecule is COc1c(O)c2c(c(O)c1OC(O)(O)O)CCN1C2CC(=O)C(C(O)(O)C(O)(C(O)(O)O)C(O)(O)O)C1(O)O. The van der Waals surface area contributed by atoms with E-state index >= 15 is 0 Å². The van der Waals surface area contributed by atoms with E-state index in [1.165, 1.54) is 0 Å². The number of benzene rings is 1. The first-order chi connectivity index (χ1) is 17.4. The Morgan fingerprint density at radius 1 is 0.846 bits per heavy atom. The number of hydrogen-bond acceptors (Lipinski definition) is 20. The Morgan fingerprint density at radius 3 is 1.79 bits per heavy atom. The summed E-state index contributed by atoms with van der Waals surface area (Å²) < 4.78 is 9.22. The molecule has 0 bridgehead atoms. The lowest BCUT2D eigenvalue weighted by atomic mass is 9.70. The molecule has 2 aliphatic heterocycles. The van der Waals surface area contributed by atoms with Crippen LogP contribution in [0.1, 0.15) is 23.6 Å². The van der Waals surface area contributed by atoms with Gasteiger partial charge in [-0.2, -0.15) is 0 Å². The quantitative estimate of drug-likeness (QED) is 0.106. The molecule has 2 heterocycles. The molecule has 1 saturated heterocycles. The summed E-state index contributed by atoms with van der Waals surface area (Å²) in [4.78, 5) is 13.5. The van der Waals surface area contributed by atoms with Gasteiger partial charge in [0.05, 0.1) is 13.2 Å². The topological polar surface area (TPSA) is 362 Å². The highest BCUT2D eigenvalue weighted by atomic mass is 16.9. The fourth-order valence-corrected chi connectivity index (χ4v) is 5.04. The van der Waals surface area contributed by atoms with Crippen molar-refractivity contribution >= 4 is 5.78 Å². The summed E-state index contributed by atoms with van der Waals surface area (Å²) in [6, 6.07) is -1.73. The fourth-order valence-electron chi connectivity index (χ4n) is 5.04. The van der Waals surface area contributed by atoms with Crippen molar-refractivity contribution < 1.29 is 96.0 Å². The van der Waals surface area contributed by atoms with Crippen LogP contribution < -0.4 is 9.47 Å². The van der Waals surface area contributed by atoms with Crippen molar-refractivity contribution in [3.8, 4) is 23.0 Å². The Labute approximate surface area is 215 Å². The highest BCUT2D eigenvalue weighted by Crippen LogP contribution is 2.57. The second kappa shape index (κ2) is 9.00. The van der Waals surface area contributed by atoms with Crippen molar-refractivity contribution in [2.75, 3.05) is 13.7 Å². The van der Waals surface area contributed by atoms with Crippen LogP contribution in [0.2, 0.25) is 0 Å². The van der Waals surface area contributed by atoms with Crippen LogP contribution in [0.15, 0.2) is 0 Å². The van der Waals surface area contributed by atoms with Crippen molar-refractivity contribution in [1.82, 2.24) is 4.90 Å². The van der Waals surface area contributed by atoms with E-state index in [2.05, 4.69) is 4.74 Å². The Hall–Kier alpha value is -2.51. The normalized spacial score (nSPS) is 22.8. The first-order valence-corrected chi connectivity index (χ1v) is 10.6. The molecule has 3 rings (SSSR count). The van der Waals surface area contributed by atoms with E-state index in [4.69, 9.17) is 20.1 Å². The maximum atomic E-state index is 13.1. The van der Waals surface area contributed by atoms with Gasteiger partial charge in [-0.15, -0.1) is 0 Å². The lowest BCUT2D eigenvalue weighted by Crippen LogP contribution is -2.84. The number of ether oxygens (including phenoxy) is 2. The lowest BCUT2D eigenvalue weighted by molar-refractivity contribution is -0.553. The average molecular weight is 573 g/mol. The summed E-state index contributed by atoms with van der Waals surface area (Å²) in [5.41, 5.74) is -5.96. The van der Waals surface area contributed by atoms with Crippen LogP contribution in [-0.4, -0.2) is 141 Å². The Balaban J connectivity index is 2.20. The molecule has 39 heavy (non-hydrogen) atoms. The molecule has 2 aliphatic rings. The zero-order valence-electron chi connectivity index (χ0n) is 19.6. The number of aliphatic hydroxyl groups is 14. The number of ketones is 1. The third kappa shape index (κ3) is 4.46. The minimum atomic E-state index is -5.13. The van der Waals surface area contributed by atoms with Gasteiger partial charge in [0.1, 0.15) is 11.7 Å². The summed E-state index contributed by atoms with van der Waals surface area (Å²) >= 11 is 0. The Kier molecular flexibility index (Phi) is 7.16. The van der Waals surface area contributed by atoms with Gasteiger partial charge in [-0.05, 0) is 6.42 Å². The van der Waals surface area contributed by atoms with Gasteiger partial charge < -0.3 is 91.2 Å². The van der Waals surface area contributed by atoms with E-state index in [1.807, 2.05) is 0 Å². The summed E-state index contributed by atoms with van der Waals surface area (Å²) in [6.07, 6.45) is -5.55. The van der Waals surface area contributed by atoms with Crippen molar-refractivity contribution in [2.24, 2.45) is 5.92 Å². The number of hydrogen-bond donors (Lipinski definition) is 16. The van der Waals surface area contributed by atoms with Gasteiger partial charge in [-0.25, -0.2) is 4.90 Å². The van der Waals surface area contributed by atoms with Gasteiger partial charge in [-0.1, -0.05) is 0 Å². The number of phenols is 2. The van der Waals surface area contributed by atoms with E-state index in [0.29, 0.717) is 4.90 Å². The molecule has 20 heteroatoms. The van der Waals surface area contributed by atoms with E-state index in [1.54, 1.807) is 0 Å². The number of carbonyl (C=O) groups excluding carboxylic acids is 1. The Morgan fingerprint density at radius 2 is 1.36 bits per heavy atom. The van der Waals surface area contributed by atoms with Crippen molar-refractivity contribution in [3.05, 3.63) is 11.1 Å². The molecule has 16 N–H and O–H groups in total. The number of methoxy groups -OCH3 is 1. The molecule has 0 radical (unpaired) electrons. The molecule has 20 nitrogen and oxygen atoms in total. The number of rotatable bonds is 7. The third-order valence-corrected chi connectivity index (χ3v) is 6.69. The zero-order valence-corrected chi connectivity index (χ0v) is 19.6. The number of phenolic OH excluding ortho intramolecular Hbond substituents is 2. The predicted octanol–water partition coefficient (Wildman–Crippen LogP) is -8.13. The van der Waals surface area contributed by atoms with E-state index in [9.17, 15) is 71.2 Å². The summed E-state index contributed by atoms with van der Waals surface area (Å²) in [6.45, 7) is -0.699. The molecular weight excluding hydrogens is 546 g/mol. The highest BCUT2D eigenvalue weighted by molar-refractivity contribution is 5.85. The summed E-state index contributed by atoms with van der Waals surface area (Å²) in [7, 11) is 0.884. The third-order valence-electron chi connectivity index (χ3n) is 6.69. The average Bonchev–Trinajstić information content (AvgIpc) is 2.73. The van der Waals surface area contributed by atoms with Gasteiger partial charge in [0.15, 0.2) is 11.5 Å². The number of carbonyl (C=O) groups is 1. The standard InChI is InChI=1S/C19H27NO19/c1-38-11-10(23)8-5(9(22)12(11)39-19(35,36)37)2-3-20-6(8)4-7(21)13(15(20,26)27)14(24,25)16(28,17(29,30)31)18(32,33)34/h6,13,22-37H,2-4H2,1H3. The van der Waals surface area contributed by atoms with Crippen LogP contribution >= 0.6 is 0 Å². The van der Waals surface area contributed by atoms with Gasteiger partial charge in [0.2, 0.25) is 23.2 Å². The maximum Gasteiger partial charge on any atom is 0.453 e. The van der Waals surface area contributed by atoms with Crippen LogP contribution in [0.25, 0.3) is 0 Å². The fraction of sp³-hybridized carbons (Fsp3) is 0.632. The first kappa shape index (κ1) is 31.0. The molecule has 2 unspecified atom stereocenters. The predicted molar refractivity (Wildman–Crippen MR) is 111 cm³/mol. The van der Waals surface area contributed by atoms with Gasteiger partial charge in [0, 0.05) is 24.1 Å². The van der Waals surface area contributed by atoms with Gasteiger partial charge in [-0.3, -0.25) is 4.79 Å². The van der Waals surface area contributed by atoms with E-state index < -0.39 is 101 Å². The second-order valence-corrected chi connectivity index (χ2v) is 9.09. The molecule has 0 saturated carbocycles. The Bertz CT molecular complexity index is 1130. The number of piperidine rings is 1. The molecular formula is C19H27NO19. The maximum absolute atomic E-state index is 13.1. The minimum Gasteiger partial charge on any atom is -0.504 e. The smallest absolute Gasteiger partial charge is 0.453 e. The number of Topliss-reactive ketones (excluding diaryl/α,β-unsaturated/α-hetero) is 1. The molecule has 1 aromatic carbocycles. The van der Waals surface area contributed by atoms with Crippen LogP contribution in [0, 0.1) is 5.92 Å². The molecule has 0 aromatic heterocycles. The molecule has 0 spiro atoms. The van der Waals surface area contributed by atoms with Crippen LogP contribution in [0.3, 0.4) is 0 Å². The monoisotopic (exact) mass is 573 g/mol.